The molecule has 2 rings (SSSR count). The Morgan fingerprint density at radius 1 is 1.38 bits per heavy atom. The fourth-order valence-electron chi connectivity index (χ4n) is 1.75. The molecule has 0 unspecified atom stereocenters. The molecule has 0 bridgehead atoms. The van der Waals surface area contributed by atoms with Crippen molar-refractivity contribution in [1.29, 1.82) is 0 Å². The van der Waals surface area contributed by atoms with E-state index < -0.39 is 0 Å². The SMILES string of the molecule is Brc1ccc(C[NH+]2CC[NH2+]CC2)s1. The Morgan fingerprint density at radius 3 is 2.77 bits per heavy atom. The molecule has 72 valence electrons. The highest BCUT2D eigenvalue weighted by molar-refractivity contribution is 9.11. The zero-order chi connectivity index (χ0) is 9.10. The number of hydrogen-bond acceptors (Lipinski definition) is 1. The van der Waals surface area contributed by atoms with E-state index in [0.717, 1.165) is 0 Å². The molecule has 2 nitrogen and oxygen atoms in total. The Bertz CT molecular complexity index is 268. The van der Waals surface area contributed by atoms with Crippen LogP contribution in [-0.2, 0) is 6.54 Å². The summed E-state index contributed by atoms with van der Waals surface area (Å²) in [5, 5.41) is 2.41. The van der Waals surface area contributed by atoms with E-state index in [-0.39, 0.29) is 0 Å². The number of quaternary nitrogens is 2. The van der Waals surface area contributed by atoms with Gasteiger partial charge in [-0.3, -0.25) is 0 Å². The van der Waals surface area contributed by atoms with Crippen LogP contribution in [-0.4, -0.2) is 26.2 Å². The molecule has 1 aliphatic heterocycles. The van der Waals surface area contributed by atoms with Gasteiger partial charge in [-0.15, -0.1) is 11.3 Å². The van der Waals surface area contributed by atoms with Crippen molar-refractivity contribution < 1.29 is 10.2 Å². The summed E-state index contributed by atoms with van der Waals surface area (Å²) in [5.41, 5.74) is 0. The number of nitrogens with one attached hydrogen (secondary N) is 1. The molecule has 1 aliphatic rings. The van der Waals surface area contributed by atoms with Crippen molar-refractivity contribution in [1.82, 2.24) is 0 Å². The topological polar surface area (TPSA) is 21.1 Å². The predicted molar refractivity (Wildman–Crippen MR) is 58.1 cm³/mol. The van der Waals surface area contributed by atoms with Gasteiger partial charge in [0.2, 0.25) is 0 Å². The van der Waals surface area contributed by atoms with Crippen molar-refractivity contribution in [3.8, 4) is 0 Å². The maximum atomic E-state index is 3.50. The van der Waals surface area contributed by atoms with Gasteiger partial charge in [-0.25, -0.2) is 0 Å². The van der Waals surface area contributed by atoms with Gasteiger partial charge in [-0.2, -0.15) is 0 Å². The van der Waals surface area contributed by atoms with Crippen molar-refractivity contribution in [2.75, 3.05) is 26.2 Å². The maximum Gasteiger partial charge on any atom is 0.127 e. The number of rotatable bonds is 2. The van der Waals surface area contributed by atoms with Crippen LogP contribution in [0.1, 0.15) is 4.88 Å². The standard InChI is InChI=1S/C9H13BrN2S/c10-9-2-1-8(13-9)7-12-5-3-11-4-6-12/h1-2,11H,3-7H2/p+2. The summed E-state index contributed by atoms with van der Waals surface area (Å²) in [6.45, 7) is 6.43. The Labute approximate surface area is 91.1 Å². The first-order chi connectivity index (χ1) is 6.34. The molecule has 0 saturated carbocycles. The van der Waals surface area contributed by atoms with Crippen LogP contribution in [0.2, 0.25) is 0 Å². The highest BCUT2D eigenvalue weighted by Crippen LogP contribution is 2.21. The van der Waals surface area contributed by atoms with Crippen LogP contribution in [0.3, 0.4) is 0 Å². The van der Waals surface area contributed by atoms with E-state index in [1.54, 1.807) is 4.90 Å². The summed E-state index contributed by atoms with van der Waals surface area (Å²) in [6.07, 6.45) is 0. The molecule has 4 heteroatoms. The quantitative estimate of drug-likeness (QED) is 0.716. The van der Waals surface area contributed by atoms with E-state index in [1.807, 2.05) is 11.3 Å². The molecule has 0 radical (unpaired) electrons. The molecule has 1 saturated heterocycles. The van der Waals surface area contributed by atoms with E-state index in [9.17, 15) is 0 Å². The van der Waals surface area contributed by atoms with Gasteiger partial charge in [0.1, 0.15) is 32.7 Å². The number of thiophene rings is 1. The van der Waals surface area contributed by atoms with Crippen LogP contribution in [0.25, 0.3) is 0 Å². The molecule has 13 heavy (non-hydrogen) atoms. The molecule has 0 amide bonds. The largest absolute Gasteiger partial charge is 0.337 e. The van der Waals surface area contributed by atoms with Gasteiger partial charge in [-0.05, 0) is 28.1 Å². The lowest BCUT2D eigenvalue weighted by Crippen LogP contribution is -3.19. The summed E-state index contributed by atoms with van der Waals surface area (Å²) < 4.78 is 1.26. The second kappa shape index (κ2) is 4.55. The fourth-order valence-corrected chi connectivity index (χ4v) is 3.31. The Morgan fingerprint density at radius 2 is 2.15 bits per heavy atom. The lowest BCUT2D eigenvalue weighted by Gasteiger charge is -2.21. The van der Waals surface area contributed by atoms with Crippen LogP contribution in [0.5, 0.6) is 0 Å². The van der Waals surface area contributed by atoms with Crippen molar-refractivity contribution >= 4 is 27.3 Å². The molecular weight excluding hydrogens is 248 g/mol. The first-order valence-corrected chi connectivity index (χ1v) is 6.35. The summed E-state index contributed by atoms with van der Waals surface area (Å²) in [6, 6.07) is 4.38. The summed E-state index contributed by atoms with van der Waals surface area (Å²) in [5.74, 6) is 0. The van der Waals surface area contributed by atoms with Gasteiger partial charge in [0, 0.05) is 0 Å². The molecule has 1 aromatic heterocycles. The molecule has 0 atom stereocenters. The third kappa shape index (κ3) is 2.77. The summed E-state index contributed by atoms with van der Waals surface area (Å²) >= 11 is 5.37. The smallest absolute Gasteiger partial charge is 0.127 e. The van der Waals surface area contributed by atoms with Gasteiger partial charge in [0.25, 0.3) is 0 Å². The third-order valence-electron chi connectivity index (χ3n) is 2.46. The van der Waals surface area contributed by atoms with Crippen LogP contribution >= 0.6 is 27.3 Å². The normalized spacial score (nSPS) is 19.2. The van der Waals surface area contributed by atoms with E-state index in [2.05, 4.69) is 33.4 Å². The monoisotopic (exact) mass is 262 g/mol. The van der Waals surface area contributed by atoms with E-state index in [0.29, 0.717) is 0 Å². The van der Waals surface area contributed by atoms with Crippen molar-refractivity contribution in [3.63, 3.8) is 0 Å². The molecule has 3 N–H and O–H groups in total. The van der Waals surface area contributed by atoms with Crippen LogP contribution < -0.4 is 10.2 Å². The molecule has 2 heterocycles. The average Bonchev–Trinajstić information content (AvgIpc) is 2.53. The number of hydrogen-bond donors (Lipinski definition) is 2. The van der Waals surface area contributed by atoms with Gasteiger partial charge < -0.3 is 10.2 Å². The van der Waals surface area contributed by atoms with Gasteiger partial charge in [-0.1, -0.05) is 0 Å². The van der Waals surface area contributed by atoms with E-state index in [4.69, 9.17) is 0 Å². The highest BCUT2D eigenvalue weighted by atomic mass is 79.9. The molecular formula is C9H15BrN2S+2. The highest BCUT2D eigenvalue weighted by Gasteiger charge is 2.16. The molecule has 0 aromatic carbocycles. The number of piperazine rings is 1. The van der Waals surface area contributed by atoms with E-state index in [1.165, 1.54) is 41.4 Å². The molecule has 1 aromatic rings. The molecule has 0 spiro atoms. The Balaban J connectivity index is 1.89. The summed E-state index contributed by atoms with van der Waals surface area (Å²) in [7, 11) is 0. The van der Waals surface area contributed by atoms with Crippen molar-refractivity contribution in [2.45, 2.75) is 6.54 Å². The Hall–Kier alpha value is 0.1000. The molecule has 1 fully saturated rings. The zero-order valence-corrected chi connectivity index (χ0v) is 9.96. The second-order valence-corrected chi connectivity index (χ2v) is 6.05. The minimum atomic E-state index is 1.21. The van der Waals surface area contributed by atoms with Crippen LogP contribution in [0.15, 0.2) is 15.9 Å². The van der Waals surface area contributed by atoms with E-state index >= 15 is 0 Å². The van der Waals surface area contributed by atoms with Gasteiger partial charge >= 0.3 is 0 Å². The maximum absolute atomic E-state index is 3.50. The van der Waals surface area contributed by atoms with Crippen molar-refractivity contribution in [3.05, 3.63) is 20.8 Å². The lowest BCUT2D eigenvalue weighted by atomic mass is 10.3. The van der Waals surface area contributed by atoms with Gasteiger partial charge in [0.15, 0.2) is 0 Å². The molecule has 0 aliphatic carbocycles. The van der Waals surface area contributed by atoms with Crippen LogP contribution in [0, 0.1) is 0 Å². The van der Waals surface area contributed by atoms with Gasteiger partial charge in [0.05, 0.1) is 8.66 Å². The van der Waals surface area contributed by atoms with Crippen LogP contribution in [0.4, 0.5) is 0 Å². The third-order valence-corrected chi connectivity index (χ3v) is 4.08. The minimum absolute atomic E-state index is 1.21. The fraction of sp³-hybridized carbons (Fsp3) is 0.556. The first-order valence-electron chi connectivity index (χ1n) is 4.74. The second-order valence-electron chi connectivity index (χ2n) is 3.50. The predicted octanol–water partition coefficient (Wildman–Crippen LogP) is -0.527. The Kier molecular flexibility index (Phi) is 3.38. The summed E-state index contributed by atoms with van der Waals surface area (Å²) in [4.78, 5) is 3.24. The first kappa shape index (κ1) is 9.65. The number of halogens is 1. The average molecular weight is 263 g/mol. The number of nitrogens with two attached hydrogens (primary N) is 1. The van der Waals surface area contributed by atoms with Crippen molar-refractivity contribution in [2.24, 2.45) is 0 Å². The minimum Gasteiger partial charge on any atom is -0.337 e. The zero-order valence-electron chi connectivity index (χ0n) is 7.55. The lowest BCUT2D eigenvalue weighted by molar-refractivity contribution is -0.957.